The minimum absolute atomic E-state index is 0.0713. The highest BCUT2D eigenvalue weighted by Crippen LogP contribution is 2.38. The Balaban J connectivity index is 1.65. The van der Waals surface area contributed by atoms with Crippen molar-refractivity contribution in [1.82, 2.24) is 4.98 Å². The molecule has 1 aromatic carbocycles. The van der Waals surface area contributed by atoms with Crippen LogP contribution in [-0.2, 0) is 10.5 Å². The number of para-hydroxylation sites is 1. The van der Waals surface area contributed by atoms with Crippen molar-refractivity contribution in [3.05, 3.63) is 39.8 Å². The molecular weight excluding hydrogens is 328 g/mol. The molecule has 1 amide bonds. The lowest BCUT2D eigenvalue weighted by Crippen LogP contribution is -2.39. The molecule has 0 atom stereocenters. The van der Waals surface area contributed by atoms with Crippen molar-refractivity contribution < 1.29 is 9.53 Å². The van der Waals surface area contributed by atoms with Crippen LogP contribution in [0.4, 0.5) is 5.69 Å². The second-order valence-corrected chi connectivity index (χ2v) is 6.57. The number of fused-ring (bicyclic) bond motifs is 1. The van der Waals surface area contributed by atoms with Crippen molar-refractivity contribution in [2.45, 2.75) is 5.75 Å². The number of hydrogen-bond donors (Lipinski definition) is 0. The van der Waals surface area contributed by atoms with E-state index in [0.717, 1.165) is 17.1 Å². The highest BCUT2D eigenvalue weighted by atomic mass is 35.5. The maximum absolute atomic E-state index is 12.4. The van der Waals surface area contributed by atoms with E-state index in [-0.39, 0.29) is 5.91 Å². The number of thiazole rings is 1. The van der Waals surface area contributed by atoms with Gasteiger partial charge in [0.25, 0.3) is 0 Å². The second kappa shape index (κ2) is 6.68. The van der Waals surface area contributed by atoms with Crippen LogP contribution in [0.5, 0.6) is 5.75 Å². The van der Waals surface area contributed by atoms with Crippen molar-refractivity contribution in [3.63, 3.8) is 0 Å². The SMILES string of the molecule is O=C(CSCc1cscn1)N1CCOc2c(Cl)cccc21. The van der Waals surface area contributed by atoms with Gasteiger partial charge in [0.1, 0.15) is 6.61 Å². The molecule has 0 N–H and O–H groups in total. The lowest BCUT2D eigenvalue weighted by Gasteiger charge is -2.30. The number of thioether (sulfide) groups is 1. The third kappa shape index (κ3) is 3.33. The van der Waals surface area contributed by atoms with Crippen molar-refractivity contribution in [2.24, 2.45) is 0 Å². The summed E-state index contributed by atoms with van der Waals surface area (Å²) in [6.07, 6.45) is 0. The first kappa shape index (κ1) is 14.7. The number of anilines is 1. The summed E-state index contributed by atoms with van der Waals surface area (Å²) in [5.41, 5.74) is 3.58. The van der Waals surface area contributed by atoms with Gasteiger partial charge in [0.2, 0.25) is 5.91 Å². The first-order chi connectivity index (χ1) is 10.3. The number of aromatic nitrogens is 1. The minimum Gasteiger partial charge on any atom is -0.488 e. The van der Waals surface area contributed by atoms with Gasteiger partial charge in [-0.05, 0) is 12.1 Å². The van der Waals surface area contributed by atoms with E-state index in [0.29, 0.717) is 29.7 Å². The number of nitrogens with zero attached hydrogens (tertiary/aromatic N) is 2. The normalized spacial score (nSPS) is 13.7. The van der Waals surface area contributed by atoms with Gasteiger partial charge in [0.05, 0.1) is 34.2 Å². The van der Waals surface area contributed by atoms with E-state index in [4.69, 9.17) is 16.3 Å². The number of hydrogen-bond acceptors (Lipinski definition) is 5. The smallest absolute Gasteiger partial charge is 0.237 e. The molecule has 0 saturated heterocycles. The minimum atomic E-state index is 0.0713. The van der Waals surface area contributed by atoms with Crippen LogP contribution in [-0.4, -0.2) is 29.8 Å². The summed E-state index contributed by atoms with van der Waals surface area (Å²) in [6.45, 7) is 1.03. The molecule has 1 aromatic heterocycles. The second-order valence-electron chi connectivity index (χ2n) is 4.45. The summed E-state index contributed by atoms with van der Waals surface area (Å²) in [7, 11) is 0. The van der Waals surface area contributed by atoms with Gasteiger partial charge in [-0.15, -0.1) is 23.1 Å². The van der Waals surface area contributed by atoms with Gasteiger partial charge in [-0.25, -0.2) is 4.98 Å². The molecule has 2 heterocycles. The van der Waals surface area contributed by atoms with Crippen LogP contribution in [0.15, 0.2) is 29.1 Å². The number of carbonyl (C=O) groups is 1. The van der Waals surface area contributed by atoms with Gasteiger partial charge in [-0.1, -0.05) is 17.7 Å². The van der Waals surface area contributed by atoms with Crippen LogP contribution in [0.1, 0.15) is 5.69 Å². The summed E-state index contributed by atoms with van der Waals surface area (Å²) < 4.78 is 5.56. The summed E-state index contributed by atoms with van der Waals surface area (Å²) in [5, 5.41) is 2.54. The van der Waals surface area contributed by atoms with Gasteiger partial charge in [-0.3, -0.25) is 4.79 Å². The molecule has 0 radical (unpaired) electrons. The lowest BCUT2D eigenvalue weighted by molar-refractivity contribution is -0.116. The van der Waals surface area contributed by atoms with E-state index < -0.39 is 0 Å². The fourth-order valence-corrected chi connectivity index (χ4v) is 3.79. The first-order valence-corrected chi connectivity index (χ1v) is 8.90. The molecule has 7 heteroatoms. The molecule has 21 heavy (non-hydrogen) atoms. The average molecular weight is 341 g/mol. The van der Waals surface area contributed by atoms with Gasteiger partial charge in [0.15, 0.2) is 5.75 Å². The molecule has 0 bridgehead atoms. The Bertz CT molecular complexity index is 634. The third-order valence-corrected chi connectivity index (χ3v) is 4.94. The maximum atomic E-state index is 12.4. The fraction of sp³-hybridized carbons (Fsp3) is 0.286. The summed E-state index contributed by atoms with van der Waals surface area (Å²) in [5.74, 6) is 1.84. The summed E-state index contributed by atoms with van der Waals surface area (Å²) in [4.78, 5) is 18.3. The van der Waals surface area contributed by atoms with E-state index in [9.17, 15) is 4.79 Å². The monoisotopic (exact) mass is 340 g/mol. The summed E-state index contributed by atoms with van der Waals surface area (Å²) in [6, 6.07) is 5.47. The molecule has 2 aromatic rings. The zero-order chi connectivity index (χ0) is 14.7. The van der Waals surface area contributed by atoms with Crippen LogP contribution < -0.4 is 9.64 Å². The van der Waals surface area contributed by atoms with Crippen molar-refractivity contribution in [1.29, 1.82) is 0 Å². The van der Waals surface area contributed by atoms with Crippen molar-refractivity contribution >= 4 is 46.3 Å². The molecule has 0 fully saturated rings. The van der Waals surface area contributed by atoms with E-state index in [1.165, 1.54) is 0 Å². The topological polar surface area (TPSA) is 42.4 Å². The third-order valence-electron chi connectivity index (χ3n) is 3.06. The van der Waals surface area contributed by atoms with Gasteiger partial charge < -0.3 is 9.64 Å². The van der Waals surface area contributed by atoms with Crippen LogP contribution in [0.2, 0.25) is 5.02 Å². The zero-order valence-electron chi connectivity index (χ0n) is 11.1. The van der Waals surface area contributed by atoms with E-state index in [1.54, 1.807) is 39.6 Å². The number of amides is 1. The molecule has 3 rings (SSSR count). The molecule has 0 spiro atoms. The van der Waals surface area contributed by atoms with E-state index >= 15 is 0 Å². The number of rotatable bonds is 4. The lowest BCUT2D eigenvalue weighted by atomic mass is 10.2. The maximum Gasteiger partial charge on any atom is 0.237 e. The molecule has 1 aliphatic heterocycles. The highest BCUT2D eigenvalue weighted by molar-refractivity contribution is 7.99. The predicted octanol–water partition coefficient (Wildman–Crippen LogP) is 3.46. The van der Waals surface area contributed by atoms with Crippen molar-refractivity contribution in [2.75, 3.05) is 23.8 Å². The van der Waals surface area contributed by atoms with Gasteiger partial charge in [0, 0.05) is 11.1 Å². The van der Waals surface area contributed by atoms with Crippen LogP contribution in [0, 0.1) is 0 Å². The number of ether oxygens (including phenoxy) is 1. The Labute approximate surface area is 136 Å². The number of halogens is 1. The Morgan fingerprint density at radius 2 is 2.43 bits per heavy atom. The molecule has 0 unspecified atom stereocenters. The average Bonchev–Trinajstić information content (AvgIpc) is 3.00. The highest BCUT2D eigenvalue weighted by Gasteiger charge is 2.24. The standard InChI is InChI=1S/C14H13ClN2O2S2/c15-11-2-1-3-12-14(11)19-5-4-17(12)13(18)8-20-6-10-7-21-9-16-10/h1-3,7,9H,4-6,8H2. The zero-order valence-corrected chi connectivity index (χ0v) is 13.5. The fourth-order valence-electron chi connectivity index (χ4n) is 2.10. The Morgan fingerprint density at radius 1 is 1.52 bits per heavy atom. The van der Waals surface area contributed by atoms with Gasteiger partial charge in [-0.2, -0.15) is 0 Å². The molecular formula is C14H13ClN2O2S2. The Morgan fingerprint density at radius 3 is 3.24 bits per heavy atom. The largest absolute Gasteiger partial charge is 0.488 e. The van der Waals surface area contributed by atoms with Crippen molar-refractivity contribution in [3.8, 4) is 5.75 Å². The van der Waals surface area contributed by atoms with E-state index in [1.807, 2.05) is 17.5 Å². The van der Waals surface area contributed by atoms with Crippen LogP contribution >= 0.6 is 34.7 Å². The quantitative estimate of drug-likeness (QED) is 0.855. The molecule has 110 valence electrons. The van der Waals surface area contributed by atoms with Gasteiger partial charge >= 0.3 is 0 Å². The number of carbonyl (C=O) groups excluding carboxylic acids is 1. The van der Waals surface area contributed by atoms with Crippen LogP contribution in [0.3, 0.4) is 0 Å². The van der Waals surface area contributed by atoms with Crippen LogP contribution in [0.25, 0.3) is 0 Å². The first-order valence-electron chi connectivity index (χ1n) is 6.42. The Hall–Kier alpha value is -1.24. The Kier molecular flexibility index (Phi) is 4.67. The molecule has 0 saturated carbocycles. The molecule has 0 aliphatic carbocycles. The van der Waals surface area contributed by atoms with E-state index in [2.05, 4.69) is 4.98 Å². The molecule has 1 aliphatic rings. The number of benzene rings is 1. The summed E-state index contributed by atoms with van der Waals surface area (Å²) >= 11 is 9.25. The molecule has 4 nitrogen and oxygen atoms in total. The predicted molar refractivity (Wildman–Crippen MR) is 87.6 cm³/mol.